The molecule has 0 spiro atoms. The molecule has 0 aromatic carbocycles. The molecule has 0 saturated heterocycles. The maximum atomic E-state index is 11.1. The van der Waals surface area contributed by atoms with Gasteiger partial charge >= 0.3 is 11.9 Å². The van der Waals surface area contributed by atoms with Gasteiger partial charge in [0.05, 0.1) is 7.11 Å². The van der Waals surface area contributed by atoms with Crippen LogP contribution < -0.4 is 0 Å². The SMILES string of the molecule is COC(=O)C(Cc1ccsc1)C(=O)O. The third-order valence-corrected chi connectivity index (χ3v) is 2.54. The van der Waals surface area contributed by atoms with Gasteiger partial charge in [-0.3, -0.25) is 9.59 Å². The van der Waals surface area contributed by atoms with E-state index in [2.05, 4.69) is 4.74 Å². The molecular weight excluding hydrogens is 204 g/mol. The molecular formula is C9H10O4S. The summed E-state index contributed by atoms with van der Waals surface area (Å²) in [4.78, 5) is 21.8. The number of aliphatic carboxylic acids is 1. The van der Waals surface area contributed by atoms with Crippen molar-refractivity contribution in [2.75, 3.05) is 7.11 Å². The Bertz CT molecular complexity index is 318. The van der Waals surface area contributed by atoms with E-state index in [1.54, 1.807) is 6.07 Å². The van der Waals surface area contributed by atoms with E-state index in [1.165, 1.54) is 18.4 Å². The molecule has 5 heteroatoms. The summed E-state index contributed by atoms with van der Waals surface area (Å²) in [6, 6.07) is 1.80. The lowest BCUT2D eigenvalue weighted by Crippen LogP contribution is -2.26. The Kier molecular flexibility index (Phi) is 3.64. The van der Waals surface area contributed by atoms with Crippen molar-refractivity contribution in [1.82, 2.24) is 0 Å². The van der Waals surface area contributed by atoms with Gasteiger partial charge in [-0.05, 0) is 28.8 Å². The molecule has 1 aromatic rings. The van der Waals surface area contributed by atoms with Gasteiger partial charge in [-0.25, -0.2) is 0 Å². The van der Waals surface area contributed by atoms with Gasteiger partial charge in [0.25, 0.3) is 0 Å². The summed E-state index contributed by atoms with van der Waals surface area (Å²) in [7, 11) is 1.19. The monoisotopic (exact) mass is 214 g/mol. The first-order valence-electron chi connectivity index (χ1n) is 3.97. The number of rotatable bonds is 4. The topological polar surface area (TPSA) is 63.6 Å². The molecule has 1 heterocycles. The molecule has 0 radical (unpaired) electrons. The molecule has 1 unspecified atom stereocenters. The van der Waals surface area contributed by atoms with E-state index in [0.29, 0.717) is 0 Å². The first-order valence-corrected chi connectivity index (χ1v) is 4.91. The number of carboxylic acid groups (broad SMARTS) is 1. The lowest BCUT2D eigenvalue weighted by Gasteiger charge is -2.08. The van der Waals surface area contributed by atoms with Gasteiger partial charge in [0.2, 0.25) is 0 Å². The predicted molar refractivity (Wildman–Crippen MR) is 51.2 cm³/mol. The van der Waals surface area contributed by atoms with Gasteiger partial charge < -0.3 is 9.84 Å². The largest absolute Gasteiger partial charge is 0.481 e. The first kappa shape index (κ1) is 10.7. The number of carbonyl (C=O) groups excluding carboxylic acids is 1. The van der Waals surface area contributed by atoms with Crippen LogP contribution in [-0.4, -0.2) is 24.2 Å². The number of hydrogen-bond acceptors (Lipinski definition) is 4. The molecule has 1 aromatic heterocycles. The summed E-state index contributed by atoms with van der Waals surface area (Å²) in [6.45, 7) is 0. The number of carbonyl (C=O) groups is 2. The van der Waals surface area contributed by atoms with Crippen LogP contribution in [0.2, 0.25) is 0 Å². The number of thiophene rings is 1. The molecule has 0 saturated carbocycles. The third kappa shape index (κ3) is 2.56. The first-order chi connectivity index (χ1) is 6.65. The quantitative estimate of drug-likeness (QED) is 0.603. The second-order valence-corrected chi connectivity index (χ2v) is 3.53. The fourth-order valence-electron chi connectivity index (χ4n) is 1.06. The van der Waals surface area contributed by atoms with E-state index in [1.807, 2.05) is 10.8 Å². The zero-order valence-corrected chi connectivity index (χ0v) is 8.41. The van der Waals surface area contributed by atoms with Crippen molar-refractivity contribution in [1.29, 1.82) is 0 Å². The molecule has 0 bridgehead atoms. The minimum Gasteiger partial charge on any atom is -0.481 e. The molecule has 14 heavy (non-hydrogen) atoms. The molecule has 76 valence electrons. The van der Waals surface area contributed by atoms with E-state index in [-0.39, 0.29) is 6.42 Å². The lowest BCUT2D eigenvalue weighted by molar-refractivity contribution is -0.156. The molecule has 1 atom stereocenters. The summed E-state index contributed by atoms with van der Waals surface area (Å²) >= 11 is 1.47. The average molecular weight is 214 g/mol. The van der Waals surface area contributed by atoms with Crippen LogP contribution in [0.5, 0.6) is 0 Å². The van der Waals surface area contributed by atoms with Gasteiger partial charge in [-0.15, -0.1) is 0 Å². The highest BCUT2D eigenvalue weighted by Crippen LogP contribution is 2.13. The van der Waals surface area contributed by atoms with Crippen LogP contribution in [0.1, 0.15) is 5.56 Å². The molecule has 1 N–H and O–H groups in total. The lowest BCUT2D eigenvalue weighted by atomic mass is 10.0. The number of carboxylic acids is 1. The van der Waals surface area contributed by atoms with Crippen LogP contribution in [0, 0.1) is 5.92 Å². The molecule has 0 aliphatic rings. The normalized spacial score (nSPS) is 12.1. The van der Waals surface area contributed by atoms with E-state index >= 15 is 0 Å². The van der Waals surface area contributed by atoms with Crippen molar-refractivity contribution in [2.24, 2.45) is 5.92 Å². The van der Waals surface area contributed by atoms with Gasteiger partial charge in [-0.1, -0.05) is 0 Å². The van der Waals surface area contributed by atoms with Gasteiger partial charge in [0, 0.05) is 0 Å². The molecule has 0 aliphatic heterocycles. The maximum absolute atomic E-state index is 11.1. The highest BCUT2D eigenvalue weighted by Gasteiger charge is 2.27. The molecule has 0 amide bonds. The van der Waals surface area contributed by atoms with Gasteiger partial charge in [0.1, 0.15) is 0 Å². The van der Waals surface area contributed by atoms with E-state index in [4.69, 9.17) is 5.11 Å². The Hall–Kier alpha value is -1.36. The zero-order valence-electron chi connectivity index (χ0n) is 7.60. The van der Waals surface area contributed by atoms with Gasteiger partial charge in [0.15, 0.2) is 5.92 Å². The van der Waals surface area contributed by atoms with E-state index in [0.717, 1.165) is 5.56 Å². The van der Waals surface area contributed by atoms with E-state index in [9.17, 15) is 9.59 Å². The fourth-order valence-corrected chi connectivity index (χ4v) is 1.74. The second kappa shape index (κ2) is 4.76. The van der Waals surface area contributed by atoms with Crippen LogP contribution in [0.25, 0.3) is 0 Å². The van der Waals surface area contributed by atoms with Gasteiger partial charge in [-0.2, -0.15) is 11.3 Å². The van der Waals surface area contributed by atoms with Crippen molar-refractivity contribution >= 4 is 23.3 Å². The molecule has 0 aliphatic carbocycles. The minimum absolute atomic E-state index is 0.186. The summed E-state index contributed by atoms with van der Waals surface area (Å²) in [5.41, 5.74) is 0.841. The fraction of sp³-hybridized carbons (Fsp3) is 0.333. The Balaban J connectivity index is 2.70. The average Bonchev–Trinajstić information content (AvgIpc) is 2.65. The summed E-state index contributed by atoms with van der Waals surface area (Å²) in [5.74, 6) is -2.96. The smallest absolute Gasteiger partial charge is 0.320 e. The second-order valence-electron chi connectivity index (χ2n) is 2.75. The third-order valence-electron chi connectivity index (χ3n) is 1.80. The highest BCUT2D eigenvalue weighted by molar-refractivity contribution is 7.07. The van der Waals surface area contributed by atoms with Crippen molar-refractivity contribution in [2.45, 2.75) is 6.42 Å². The standard InChI is InChI=1S/C9H10O4S/c1-13-9(12)7(8(10)11)4-6-2-3-14-5-6/h2-3,5,7H,4H2,1H3,(H,10,11). The number of ether oxygens (including phenoxy) is 1. The molecule has 4 nitrogen and oxygen atoms in total. The van der Waals surface area contributed by atoms with Crippen LogP contribution >= 0.6 is 11.3 Å². The van der Waals surface area contributed by atoms with Crippen molar-refractivity contribution < 1.29 is 19.4 Å². The Morgan fingerprint density at radius 3 is 2.79 bits per heavy atom. The van der Waals surface area contributed by atoms with Crippen molar-refractivity contribution in [3.63, 3.8) is 0 Å². The van der Waals surface area contributed by atoms with Crippen LogP contribution in [0.15, 0.2) is 16.8 Å². The Labute approximate surface area is 85.1 Å². The minimum atomic E-state index is -1.15. The number of hydrogen-bond donors (Lipinski definition) is 1. The van der Waals surface area contributed by atoms with Crippen molar-refractivity contribution in [3.05, 3.63) is 22.4 Å². The molecule has 0 fully saturated rings. The predicted octanol–water partition coefficient (Wildman–Crippen LogP) is 1.16. The Morgan fingerprint density at radius 2 is 2.36 bits per heavy atom. The van der Waals surface area contributed by atoms with Crippen LogP contribution in [0.3, 0.4) is 0 Å². The number of esters is 1. The summed E-state index contributed by atoms with van der Waals surface area (Å²) in [5, 5.41) is 12.4. The van der Waals surface area contributed by atoms with E-state index < -0.39 is 17.9 Å². The summed E-state index contributed by atoms with van der Waals surface area (Å²) < 4.78 is 4.41. The number of methoxy groups -OCH3 is 1. The van der Waals surface area contributed by atoms with Crippen molar-refractivity contribution in [3.8, 4) is 0 Å². The Morgan fingerprint density at radius 1 is 1.64 bits per heavy atom. The van der Waals surface area contributed by atoms with Crippen LogP contribution in [0.4, 0.5) is 0 Å². The summed E-state index contributed by atoms with van der Waals surface area (Å²) in [6.07, 6.45) is 0.186. The van der Waals surface area contributed by atoms with Crippen LogP contribution in [-0.2, 0) is 20.7 Å². The maximum Gasteiger partial charge on any atom is 0.320 e. The highest BCUT2D eigenvalue weighted by atomic mass is 32.1. The zero-order chi connectivity index (χ0) is 10.6. The molecule has 1 rings (SSSR count).